The van der Waals surface area contributed by atoms with Crippen LogP contribution in [0.1, 0.15) is 27.7 Å². The quantitative estimate of drug-likeness (QED) is 0.614. The van der Waals surface area contributed by atoms with Crippen molar-refractivity contribution in [2.45, 2.75) is 39.5 Å². The Balaban J connectivity index is 2.67. The highest BCUT2D eigenvalue weighted by molar-refractivity contribution is 5.83. The summed E-state index contributed by atoms with van der Waals surface area (Å²) in [5.74, 6) is 0.252. The lowest BCUT2D eigenvalue weighted by Gasteiger charge is -2.18. The van der Waals surface area contributed by atoms with E-state index in [9.17, 15) is 4.79 Å². The van der Waals surface area contributed by atoms with Gasteiger partial charge in [0.1, 0.15) is 11.8 Å². The Morgan fingerprint density at radius 2 is 2.09 bits per heavy atom. The molecule has 1 atom stereocenters. The first-order valence-electron chi connectivity index (χ1n) is 3.92. The maximum absolute atomic E-state index is 11.2. The Hall–Kier alpha value is -0.570. The molecule has 1 fully saturated rings. The van der Waals surface area contributed by atoms with E-state index in [4.69, 9.17) is 4.74 Å². The lowest BCUT2D eigenvalue weighted by Crippen LogP contribution is -2.35. The van der Waals surface area contributed by atoms with Crippen LogP contribution in [-0.2, 0) is 9.53 Å². The van der Waals surface area contributed by atoms with E-state index in [2.05, 4.69) is 5.32 Å². The van der Waals surface area contributed by atoms with Gasteiger partial charge in [-0.1, -0.05) is 13.8 Å². The third kappa shape index (κ3) is 1.71. The van der Waals surface area contributed by atoms with Gasteiger partial charge in [0.25, 0.3) is 5.91 Å². The second-order valence-corrected chi connectivity index (χ2v) is 3.78. The lowest BCUT2D eigenvalue weighted by molar-refractivity contribution is -0.126. The molecule has 0 spiro atoms. The molecule has 0 aromatic rings. The van der Waals surface area contributed by atoms with Crippen molar-refractivity contribution in [1.82, 2.24) is 5.32 Å². The summed E-state index contributed by atoms with van der Waals surface area (Å²) >= 11 is 0. The summed E-state index contributed by atoms with van der Waals surface area (Å²) in [6.45, 7) is 7.66. The van der Waals surface area contributed by atoms with Crippen molar-refractivity contribution in [2.75, 3.05) is 0 Å². The van der Waals surface area contributed by atoms with Gasteiger partial charge in [0.05, 0.1) is 0 Å². The molecule has 3 nitrogen and oxygen atoms in total. The number of amides is 1. The largest absolute Gasteiger partial charge is 0.343 e. The van der Waals surface area contributed by atoms with Crippen molar-refractivity contribution in [3.8, 4) is 0 Å². The van der Waals surface area contributed by atoms with Gasteiger partial charge < -0.3 is 10.1 Å². The van der Waals surface area contributed by atoms with E-state index >= 15 is 0 Å². The van der Waals surface area contributed by atoms with Crippen LogP contribution in [0, 0.1) is 5.92 Å². The minimum Gasteiger partial charge on any atom is -0.343 e. The zero-order valence-corrected chi connectivity index (χ0v) is 7.47. The second kappa shape index (κ2) is 2.48. The van der Waals surface area contributed by atoms with Crippen LogP contribution in [0.25, 0.3) is 0 Å². The summed E-state index contributed by atoms with van der Waals surface area (Å²) in [5, 5.41) is 2.76. The van der Waals surface area contributed by atoms with E-state index in [0.29, 0.717) is 0 Å². The average Bonchev–Trinajstić information content (AvgIpc) is 2.05. The fourth-order valence-corrected chi connectivity index (χ4v) is 1.21. The fraction of sp³-hybridized carbons (Fsp3) is 0.875. The van der Waals surface area contributed by atoms with Gasteiger partial charge in [0, 0.05) is 0 Å². The SMILES string of the molecule is CC(C)[C@@H]1OC(C)(C)NC1=O. The molecular formula is C8H15NO2. The number of rotatable bonds is 1. The van der Waals surface area contributed by atoms with E-state index in [1.165, 1.54) is 0 Å². The van der Waals surface area contributed by atoms with Crippen LogP contribution in [0.3, 0.4) is 0 Å². The van der Waals surface area contributed by atoms with E-state index in [1.807, 2.05) is 27.7 Å². The van der Waals surface area contributed by atoms with Crippen LogP contribution in [0.5, 0.6) is 0 Å². The van der Waals surface area contributed by atoms with Crippen LogP contribution in [0.4, 0.5) is 0 Å². The summed E-state index contributed by atoms with van der Waals surface area (Å²) in [7, 11) is 0. The molecule has 1 rings (SSSR count). The maximum Gasteiger partial charge on any atom is 0.251 e. The van der Waals surface area contributed by atoms with Gasteiger partial charge in [-0.25, -0.2) is 0 Å². The van der Waals surface area contributed by atoms with Crippen LogP contribution in [-0.4, -0.2) is 17.7 Å². The first kappa shape index (κ1) is 8.53. The molecule has 1 saturated heterocycles. The topological polar surface area (TPSA) is 38.3 Å². The number of carbonyl (C=O) groups is 1. The standard InChI is InChI=1S/C8H15NO2/c1-5(2)6-7(10)9-8(3,4)11-6/h5-6H,1-4H3,(H,9,10)/t6-/m0/s1. The van der Waals surface area contributed by atoms with Gasteiger partial charge in [-0.2, -0.15) is 0 Å². The molecule has 11 heavy (non-hydrogen) atoms. The minimum absolute atomic E-state index is 0.00463. The van der Waals surface area contributed by atoms with E-state index in [1.54, 1.807) is 0 Å². The third-order valence-electron chi connectivity index (χ3n) is 1.71. The van der Waals surface area contributed by atoms with Gasteiger partial charge in [0.15, 0.2) is 0 Å². The molecule has 0 saturated carbocycles. The van der Waals surface area contributed by atoms with Crippen molar-refractivity contribution >= 4 is 5.91 Å². The predicted molar refractivity (Wildman–Crippen MR) is 41.9 cm³/mol. The van der Waals surface area contributed by atoms with Crippen LogP contribution in [0.2, 0.25) is 0 Å². The number of carbonyl (C=O) groups excluding carboxylic acids is 1. The Morgan fingerprint density at radius 1 is 1.55 bits per heavy atom. The van der Waals surface area contributed by atoms with E-state index in [-0.39, 0.29) is 17.9 Å². The summed E-state index contributed by atoms with van der Waals surface area (Å²) in [4.78, 5) is 11.2. The second-order valence-electron chi connectivity index (χ2n) is 3.78. The normalized spacial score (nSPS) is 29.2. The van der Waals surface area contributed by atoms with Crippen molar-refractivity contribution < 1.29 is 9.53 Å². The summed E-state index contributed by atoms with van der Waals surface area (Å²) < 4.78 is 5.46. The molecule has 0 aromatic carbocycles. The van der Waals surface area contributed by atoms with Gasteiger partial charge in [-0.05, 0) is 19.8 Å². The van der Waals surface area contributed by atoms with Gasteiger partial charge in [-0.15, -0.1) is 0 Å². The van der Waals surface area contributed by atoms with Gasteiger partial charge in [-0.3, -0.25) is 4.79 Å². The Morgan fingerprint density at radius 3 is 2.27 bits per heavy atom. The van der Waals surface area contributed by atoms with Crippen LogP contribution < -0.4 is 5.32 Å². The number of hydrogen-bond acceptors (Lipinski definition) is 2. The first-order chi connectivity index (χ1) is 4.92. The van der Waals surface area contributed by atoms with Crippen LogP contribution >= 0.6 is 0 Å². The first-order valence-corrected chi connectivity index (χ1v) is 3.92. The smallest absolute Gasteiger partial charge is 0.251 e. The van der Waals surface area contributed by atoms with Crippen molar-refractivity contribution in [3.63, 3.8) is 0 Å². The molecule has 1 N–H and O–H groups in total. The highest BCUT2D eigenvalue weighted by Gasteiger charge is 2.39. The van der Waals surface area contributed by atoms with E-state index < -0.39 is 5.72 Å². The molecule has 1 aliphatic rings. The summed E-state index contributed by atoms with van der Waals surface area (Å²) in [5.41, 5.74) is -0.480. The van der Waals surface area contributed by atoms with Crippen molar-refractivity contribution in [3.05, 3.63) is 0 Å². The summed E-state index contributed by atoms with van der Waals surface area (Å²) in [6.07, 6.45) is -0.273. The fourth-order valence-electron chi connectivity index (χ4n) is 1.21. The molecule has 3 heteroatoms. The Labute approximate surface area is 67.1 Å². The number of hydrogen-bond donors (Lipinski definition) is 1. The molecule has 0 radical (unpaired) electrons. The average molecular weight is 157 g/mol. The molecule has 0 aromatic heterocycles. The van der Waals surface area contributed by atoms with Gasteiger partial charge >= 0.3 is 0 Å². The molecule has 1 aliphatic heterocycles. The molecule has 1 heterocycles. The number of nitrogens with one attached hydrogen (secondary N) is 1. The molecule has 1 amide bonds. The molecule has 0 bridgehead atoms. The van der Waals surface area contributed by atoms with Crippen LogP contribution in [0.15, 0.2) is 0 Å². The predicted octanol–water partition coefficient (Wildman–Crippen LogP) is 0.893. The lowest BCUT2D eigenvalue weighted by atomic mass is 10.1. The van der Waals surface area contributed by atoms with Crippen molar-refractivity contribution in [2.24, 2.45) is 5.92 Å². The van der Waals surface area contributed by atoms with Crippen molar-refractivity contribution in [1.29, 1.82) is 0 Å². The van der Waals surface area contributed by atoms with E-state index in [0.717, 1.165) is 0 Å². The maximum atomic E-state index is 11.2. The van der Waals surface area contributed by atoms with Gasteiger partial charge in [0.2, 0.25) is 0 Å². The minimum atomic E-state index is -0.480. The molecular weight excluding hydrogens is 142 g/mol. The molecule has 0 aliphatic carbocycles. The zero-order valence-electron chi connectivity index (χ0n) is 7.47. The monoisotopic (exact) mass is 157 g/mol. The Kier molecular flexibility index (Phi) is 1.92. The highest BCUT2D eigenvalue weighted by atomic mass is 16.5. The number of ether oxygens (including phenoxy) is 1. The molecule has 64 valence electrons. The Bertz CT molecular complexity index is 175. The highest BCUT2D eigenvalue weighted by Crippen LogP contribution is 2.21. The molecule has 0 unspecified atom stereocenters. The third-order valence-corrected chi connectivity index (χ3v) is 1.71. The zero-order chi connectivity index (χ0) is 8.65. The summed E-state index contributed by atoms with van der Waals surface area (Å²) in [6, 6.07) is 0.